The van der Waals surface area contributed by atoms with Gasteiger partial charge in [-0.15, -0.1) is 0 Å². The van der Waals surface area contributed by atoms with E-state index in [1.54, 1.807) is 31.2 Å². The highest BCUT2D eigenvalue weighted by atomic mass is 35.5. The Morgan fingerprint density at radius 2 is 2.25 bits per heavy atom. The molecule has 1 aromatic carbocycles. The van der Waals surface area contributed by atoms with Crippen LogP contribution in [0.5, 0.6) is 5.75 Å². The van der Waals surface area contributed by atoms with Gasteiger partial charge in [0.25, 0.3) is 5.91 Å². The third kappa shape index (κ3) is 3.68. The van der Waals surface area contributed by atoms with Crippen LogP contribution >= 0.6 is 11.6 Å². The number of nitrogens with zero attached hydrogens (tertiary/aromatic N) is 1. The zero-order valence-corrected chi connectivity index (χ0v) is 11.4. The molecule has 1 aromatic heterocycles. The fraction of sp³-hybridized carbons (Fsp3) is 0.143. The molecule has 0 bridgehead atoms. The molecule has 1 heterocycles. The maximum absolute atomic E-state index is 13.4. The summed E-state index contributed by atoms with van der Waals surface area (Å²) in [4.78, 5) is 15.5. The summed E-state index contributed by atoms with van der Waals surface area (Å²) in [6, 6.07) is 8.07. The lowest BCUT2D eigenvalue weighted by molar-refractivity contribution is -0.122. The van der Waals surface area contributed by atoms with Crippen molar-refractivity contribution >= 4 is 23.2 Å². The van der Waals surface area contributed by atoms with Crippen LogP contribution in [0.25, 0.3) is 0 Å². The quantitative estimate of drug-likeness (QED) is 0.941. The Hall–Kier alpha value is -2.14. The van der Waals surface area contributed by atoms with Crippen molar-refractivity contribution in [3.63, 3.8) is 0 Å². The van der Waals surface area contributed by atoms with Gasteiger partial charge in [0.05, 0.1) is 11.9 Å². The van der Waals surface area contributed by atoms with Gasteiger partial charge < -0.3 is 10.1 Å². The molecule has 6 heteroatoms. The lowest BCUT2D eigenvalue weighted by Gasteiger charge is -2.15. The number of aromatic nitrogens is 1. The summed E-state index contributed by atoms with van der Waals surface area (Å²) >= 11 is 5.82. The van der Waals surface area contributed by atoms with Crippen molar-refractivity contribution in [1.29, 1.82) is 0 Å². The van der Waals surface area contributed by atoms with Gasteiger partial charge in [-0.3, -0.25) is 9.78 Å². The van der Waals surface area contributed by atoms with Crippen LogP contribution in [0.4, 0.5) is 10.1 Å². The number of hydrogen-bond acceptors (Lipinski definition) is 3. The van der Waals surface area contributed by atoms with E-state index in [1.807, 2.05) is 0 Å². The Labute approximate surface area is 120 Å². The summed E-state index contributed by atoms with van der Waals surface area (Å²) in [5.41, 5.74) is 0.0616. The maximum atomic E-state index is 13.4. The second-order valence-electron chi connectivity index (χ2n) is 4.06. The van der Waals surface area contributed by atoms with E-state index in [-0.39, 0.29) is 5.69 Å². The molecule has 4 nitrogen and oxygen atoms in total. The summed E-state index contributed by atoms with van der Waals surface area (Å²) in [5.74, 6) is -0.596. The molecule has 0 saturated carbocycles. The second kappa shape index (κ2) is 6.34. The molecule has 1 N–H and O–H groups in total. The standard InChI is InChI=1S/C14H12ClFN2O2/c1-9(20-11-4-2-3-10(15)7-11)14(19)18-13-5-6-17-8-12(13)16/h2-9H,1H3,(H,17,18,19)/t9-/m1/s1. The number of hydrogen-bond donors (Lipinski definition) is 1. The molecule has 0 fully saturated rings. The zero-order chi connectivity index (χ0) is 14.5. The number of pyridine rings is 1. The molecule has 0 aliphatic carbocycles. The van der Waals surface area contributed by atoms with Crippen molar-refractivity contribution in [2.75, 3.05) is 5.32 Å². The fourth-order valence-corrected chi connectivity index (χ4v) is 1.69. The Bertz CT molecular complexity index is 622. The molecule has 104 valence electrons. The molecule has 0 radical (unpaired) electrons. The zero-order valence-electron chi connectivity index (χ0n) is 10.6. The summed E-state index contributed by atoms with van der Waals surface area (Å²) in [6.45, 7) is 1.56. The normalized spacial score (nSPS) is 11.8. The molecule has 0 saturated heterocycles. The molecular weight excluding hydrogens is 283 g/mol. The fourth-order valence-electron chi connectivity index (χ4n) is 1.51. The highest BCUT2D eigenvalue weighted by molar-refractivity contribution is 6.30. The number of anilines is 1. The highest BCUT2D eigenvalue weighted by Crippen LogP contribution is 2.19. The maximum Gasteiger partial charge on any atom is 0.265 e. The molecule has 1 atom stereocenters. The number of amides is 1. The van der Waals surface area contributed by atoms with E-state index in [2.05, 4.69) is 10.3 Å². The topological polar surface area (TPSA) is 51.2 Å². The molecule has 1 amide bonds. The van der Waals surface area contributed by atoms with E-state index in [4.69, 9.17) is 16.3 Å². The van der Waals surface area contributed by atoms with E-state index in [9.17, 15) is 9.18 Å². The third-order valence-electron chi connectivity index (χ3n) is 2.51. The third-order valence-corrected chi connectivity index (χ3v) is 2.74. The van der Waals surface area contributed by atoms with Crippen LogP contribution in [-0.2, 0) is 4.79 Å². The van der Waals surface area contributed by atoms with E-state index >= 15 is 0 Å². The average molecular weight is 295 g/mol. The highest BCUT2D eigenvalue weighted by Gasteiger charge is 2.16. The van der Waals surface area contributed by atoms with Crippen LogP contribution in [0.1, 0.15) is 6.92 Å². The van der Waals surface area contributed by atoms with Gasteiger partial charge in [0.1, 0.15) is 5.75 Å². The second-order valence-corrected chi connectivity index (χ2v) is 4.50. The number of carbonyl (C=O) groups excluding carboxylic acids is 1. The van der Waals surface area contributed by atoms with E-state index < -0.39 is 17.8 Å². The summed E-state index contributed by atoms with van der Waals surface area (Å²) < 4.78 is 18.8. The van der Waals surface area contributed by atoms with Crippen LogP contribution in [0, 0.1) is 5.82 Å². The Kier molecular flexibility index (Phi) is 4.53. The van der Waals surface area contributed by atoms with Crippen molar-refractivity contribution in [3.05, 3.63) is 53.6 Å². The van der Waals surface area contributed by atoms with Gasteiger partial charge in [0.2, 0.25) is 0 Å². The predicted molar refractivity (Wildman–Crippen MR) is 74.4 cm³/mol. The number of benzene rings is 1. The largest absolute Gasteiger partial charge is 0.481 e. The summed E-state index contributed by atoms with van der Waals surface area (Å²) in [6.07, 6.45) is 1.63. The van der Waals surface area contributed by atoms with Crippen LogP contribution in [0.2, 0.25) is 5.02 Å². The number of ether oxygens (including phenoxy) is 1. The van der Waals surface area contributed by atoms with Gasteiger partial charge in [-0.1, -0.05) is 17.7 Å². The van der Waals surface area contributed by atoms with Crippen LogP contribution in [0.3, 0.4) is 0 Å². The number of rotatable bonds is 4. The minimum absolute atomic E-state index is 0.0616. The Balaban J connectivity index is 2.01. The number of carbonyl (C=O) groups is 1. The first-order valence-electron chi connectivity index (χ1n) is 5.89. The average Bonchev–Trinajstić information content (AvgIpc) is 2.41. The van der Waals surface area contributed by atoms with Gasteiger partial charge in [-0.05, 0) is 31.2 Å². The van der Waals surface area contributed by atoms with Crippen molar-refractivity contribution < 1.29 is 13.9 Å². The van der Waals surface area contributed by atoms with Gasteiger partial charge >= 0.3 is 0 Å². The first-order valence-corrected chi connectivity index (χ1v) is 6.26. The van der Waals surface area contributed by atoms with Gasteiger partial charge in [0, 0.05) is 11.2 Å². The molecule has 0 aliphatic heterocycles. The van der Waals surface area contributed by atoms with Crippen molar-refractivity contribution in [3.8, 4) is 5.75 Å². The van der Waals surface area contributed by atoms with E-state index in [1.165, 1.54) is 12.3 Å². The molecule has 0 spiro atoms. The predicted octanol–water partition coefficient (Wildman–Crippen LogP) is 3.28. The Morgan fingerprint density at radius 1 is 1.45 bits per heavy atom. The van der Waals surface area contributed by atoms with Gasteiger partial charge in [-0.25, -0.2) is 4.39 Å². The molecular formula is C14H12ClFN2O2. The first kappa shape index (κ1) is 14.3. The van der Waals surface area contributed by atoms with Crippen molar-refractivity contribution in [2.45, 2.75) is 13.0 Å². The van der Waals surface area contributed by atoms with Crippen molar-refractivity contribution in [2.24, 2.45) is 0 Å². The van der Waals surface area contributed by atoms with E-state index in [0.717, 1.165) is 6.20 Å². The monoisotopic (exact) mass is 294 g/mol. The van der Waals surface area contributed by atoms with Crippen LogP contribution < -0.4 is 10.1 Å². The lowest BCUT2D eigenvalue weighted by Crippen LogP contribution is -2.30. The van der Waals surface area contributed by atoms with E-state index in [0.29, 0.717) is 10.8 Å². The van der Waals surface area contributed by atoms with Crippen LogP contribution in [0.15, 0.2) is 42.7 Å². The molecule has 20 heavy (non-hydrogen) atoms. The Morgan fingerprint density at radius 3 is 2.95 bits per heavy atom. The minimum atomic E-state index is -0.791. The summed E-state index contributed by atoms with van der Waals surface area (Å²) in [5, 5.41) is 2.94. The first-order chi connectivity index (χ1) is 9.56. The smallest absolute Gasteiger partial charge is 0.265 e. The SMILES string of the molecule is C[C@@H](Oc1cccc(Cl)c1)C(=O)Nc1ccncc1F. The summed E-state index contributed by atoms with van der Waals surface area (Å²) in [7, 11) is 0. The lowest BCUT2D eigenvalue weighted by atomic mass is 10.3. The molecule has 2 aromatic rings. The van der Waals surface area contributed by atoms with Gasteiger partial charge in [0.15, 0.2) is 11.9 Å². The van der Waals surface area contributed by atoms with Crippen molar-refractivity contribution in [1.82, 2.24) is 4.98 Å². The number of nitrogens with one attached hydrogen (secondary N) is 1. The molecule has 0 unspecified atom stereocenters. The van der Waals surface area contributed by atoms with Gasteiger partial charge in [-0.2, -0.15) is 0 Å². The molecule has 2 rings (SSSR count). The molecule has 0 aliphatic rings. The van der Waals surface area contributed by atoms with Crippen LogP contribution in [-0.4, -0.2) is 17.0 Å². The number of halogens is 2. The minimum Gasteiger partial charge on any atom is -0.481 e.